The van der Waals surface area contributed by atoms with Gasteiger partial charge in [0.2, 0.25) is 11.8 Å². The second-order valence-electron chi connectivity index (χ2n) is 2.97. The van der Waals surface area contributed by atoms with E-state index in [-0.39, 0.29) is 18.7 Å². The molecule has 8 nitrogen and oxygen atoms in total. The number of hydrogen-bond acceptors (Lipinski definition) is 4. The van der Waals surface area contributed by atoms with E-state index in [2.05, 4.69) is 10.4 Å². The molecule has 1 aromatic rings. The van der Waals surface area contributed by atoms with E-state index in [1.165, 1.54) is 6.20 Å². The zero-order valence-corrected chi connectivity index (χ0v) is 8.21. The first-order valence-electron chi connectivity index (χ1n) is 4.30. The van der Waals surface area contributed by atoms with Gasteiger partial charge in [-0.25, -0.2) is 4.79 Å². The fourth-order valence-corrected chi connectivity index (χ4v) is 0.949. The monoisotopic (exact) mass is 226 g/mol. The molecule has 8 heteroatoms. The normalized spacial score (nSPS) is 9.75. The molecule has 0 saturated carbocycles. The largest absolute Gasteiger partial charge is 0.478 e. The maximum absolute atomic E-state index is 11.2. The Bertz CT molecular complexity index is 425. The molecular weight excluding hydrogens is 216 g/mol. The van der Waals surface area contributed by atoms with Crippen LogP contribution in [-0.2, 0) is 16.1 Å². The third-order valence-electron chi connectivity index (χ3n) is 1.65. The summed E-state index contributed by atoms with van der Waals surface area (Å²) in [5, 5.41) is 14.5. The lowest BCUT2D eigenvalue weighted by Gasteiger charge is -2.02. The van der Waals surface area contributed by atoms with Crippen LogP contribution in [-0.4, -0.2) is 39.2 Å². The maximum atomic E-state index is 11.2. The summed E-state index contributed by atoms with van der Waals surface area (Å²) < 4.78 is 1.15. The fraction of sp³-hybridized carbons (Fsp3) is 0.250. The molecular formula is C8H10N4O4. The number of hydrogen-bond donors (Lipinski definition) is 3. The average molecular weight is 226 g/mol. The Morgan fingerprint density at radius 3 is 2.69 bits per heavy atom. The van der Waals surface area contributed by atoms with Gasteiger partial charge in [0.15, 0.2) is 0 Å². The van der Waals surface area contributed by atoms with Gasteiger partial charge in [0.1, 0.15) is 6.54 Å². The molecule has 1 rings (SSSR count). The summed E-state index contributed by atoms with van der Waals surface area (Å²) >= 11 is 0. The van der Waals surface area contributed by atoms with Crippen LogP contribution < -0.4 is 11.1 Å². The Labute approximate surface area is 90.0 Å². The zero-order chi connectivity index (χ0) is 12.1. The number of nitrogens with zero attached hydrogens (tertiary/aromatic N) is 2. The van der Waals surface area contributed by atoms with E-state index < -0.39 is 17.8 Å². The van der Waals surface area contributed by atoms with Gasteiger partial charge in [-0.3, -0.25) is 14.3 Å². The smallest absolute Gasteiger partial charge is 0.338 e. The number of aromatic nitrogens is 2. The molecule has 0 spiro atoms. The van der Waals surface area contributed by atoms with Gasteiger partial charge in [0, 0.05) is 6.20 Å². The van der Waals surface area contributed by atoms with E-state index in [1.807, 2.05) is 0 Å². The maximum Gasteiger partial charge on any atom is 0.338 e. The number of primary amides is 1. The van der Waals surface area contributed by atoms with Crippen LogP contribution >= 0.6 is 0 Å². The number of carbonyl (C=O) groups excluding carboxylic acids is 2. The van der Waals surface area contributed by atoms with E-state index in [1.54, 1.807) is 0 Å². The lowest BCUT2D eigenvalue weighted by Crippen LogP contribution is -2.35. The molecule has 4 N–H and O–H groups in total. The average Bonchev–Trinajstić information content (AvgIpc) is 2.63. The van der Waals surface area contributed by atoms with Crippen molar-refractivity contribution >= 4 is 17.8 Å². The lowest BCUT2D eigenvalue weighted by atomic mass is 10.4. The number of rotatable bonds is 5. The van der Waals surface area contributed by atoms with Crippen LogP contribution in [0.5, 0.6) is 0 Å². The quantitative estimate of drug-likeness (QED) is 0.544. The predicted molar refractivity (Wildman–Crippen MR) is 51.4 cm³/mol. The van der Waals surface area contributed by atoms with Crippen molar-refractivity contribution < 1.29 is 19.5 Å². The summed E-state index contributed by atoms with van der Waals surface area (Å²) in [4.78, 5) is 32.0. The van der Waals surface area contributed by atoms with Crippen molar-refractivity contribution in [2.45, 2.75) is 6.54 Å². The van der Waals surface area contributed by atoms with Crippen molar-refractivity contribution in [3.05, 3.63) is 18.0 Å². The summed E-state index contributed by atoms with van der Waals surface area (Å²) in [5.41, 5.74) is 4.81. The summed E-state index contributed by atoms with van der Waals surface area (Å²) in [7, 11) is 0. The number of amides is 2. The molecule has 2 amide bonds. The van der Waals surface area contributed by atoms with Crippen LogP contribution in [0.3, 0.4) is 0 Å². The van der Waals surface area contributed by atoms with Gasteiger partial charge in [-0.2, -0.15) is 5.10 Å². The first-order valence-corrected chi connectivity index (χ1v) is 4.30. The minimum Gasteiger partial charge on any atom is -0.478 e. The first-order chi connectivity index (χ1) is 7.49. The van der Waals surface area contributed by atoms with Gasteiger partial charge < -0.3 is 16.2 Å². The Hall–Kier alpha value is -2.38. The van der Waals surface area contributed by atoms with Gasteiger partial charge in [0.05, 0.1) is 18.3 Å². The molecule has 0 saturated heterocycles. The van der Waals surface area contributed by atoms with Crippen LogP contribution in [0.2, 0.25) is 0 Å². The summed E-state index contributed by atoms with van der Waals surface area (Å²) in [5.74, 6) is -2.25. The second-order valence-corrected chi connectivity index (χ2v) is 2.97. The van der Waals surface area contributed by atoms with Crippen LogP contribution in [0, 0.1) is 0 Å². The topological polar surface area (TPSA) is 127 Å². The molecule has 0 atom stereocenters. The molecule has 0 aromatic carbocycles. The predicted octanol–water partition coefficient (Wildman–Crippen LogP) is -1.82. The third-order valence-corrected chi connectivity index (χ3v) is 1.65. The zero-order valence-electron chi connectivity index (χ0n) is 8.21. The number of nitrogens with two attached hydrogens (primary N) is 1. The summed E-state index contributed by atoms with van der Waals surface area (Å²) in [6, 6.07) is 0. The van der Waals surface area contributed by atoms with Crippen LogP contribution in [0.25, 0.3) is 0 Å². The SMILES string of the molecule is NC(=O)CNC(=O)Cn1cc(C(=O)O)cn1. The molecule has 0 radical (unpaired) electrons. The summed E-state index contributed by atoms with van der Waals surface area (Å²) in [6.45, 7) is -0.424. The van der Waals surface area contributed by atoms with Crippen molar-refractivity contribution in [2.75, 3.05) is 6.54 Å². The standard InChI is InChI=1S/C8H10N4O4/c9-6(13)2-10-7(14)4-12-3-5(1-11-12)8(15)16/h1,3H,2,4H2,(H2,9,13)(H,10,14)(H,15,16). The van der Waals surface area contributed by atoms with Crippen molar-refractivity contribution in [1.29, 1.82) is 0 Å². The number of carbonyl (C=O) groups is 3. The summed E-state index contributed by atoms with van der Waals surface area (Å²) in [6.07, 6.45) is 2.34. The first kappa shape index (κ1) is 11.7. The Kier molecular flexibility index (Phi) is 3.59. The highest BCUT2D eigenvalue weighted by atomic mass is 16.4. The highest BCUT2D eigenvalue weighted by Gasteiger charge is 2.08. The third kappa shape index (κ3) is 3.40. The van der Waals surface area contributed by atoms with Gasteiger partial charge in [-0.15, -0.1) is 0 Å². The Morgan fingerprint density at radius 1 is 1.50 bits per heavy atom. The highest BCUT2D eigenvalue weighted by molar-refractivity contribution is 5.87. The lowest BCUT2D eigenvalue weighted by molar-refractivity contribution is -0.125. The number of nitrogens with one attached hydrogen (secondary N) is 1. The van der Waals surface area contributed by atoms with Crippen molar-refractivity contribution in [3.8, 4) is 0 Å². The Balaban J connectivity index is 2.49. The van der Waals surface area contributed by atoms with Crippen molar-refractivity contribution in [3.63, 3.8) is 0 Å². The second kappa shape index (κ2) is 4.91. The van der Waals surface area contributed by atoms with Crippen molar-refractivity contribution in [1.82, 2.24) is 15.1 Å². The van der Waals surface area contributed by atoms with Crippen LogP contribution in [0.1, 0.15) is 10.4 Å². The molecule has 0 aliphatic carbocycles. The molecule has 0 aliphatic rings. The van der Waals surface area contributed by atoms with Gasteiger partial charge in [0.25, 0.3) is 0 Å². The molecule has 1 heterocycles. The van der Waals surface area contributed by atoms with E-state index in [0.717, 1.165) is 10.9 Å². The number of carboxylic acid groups (broad SMARTS) is 1. The van der Waals surface area contributed by atoms with E-state index in [9.17, 15) is 14.4 Å². The number of aromatic carboxylic acids is 1. The van der Waals surface area contributed by atoms with Crippen LogP contribution in [0.15, 0.2) is 12.4 Å². The molecule has 86 valence electrons. The Morgan fingerprint density at radius 2 is 2.19 bits per heavy atom. The highest BCUT2D eigenvalue weighted by Crippen LogP contribution is 1.96. The minimum atomic E-state index is -1.12. The minimum absolute atomic E-state index is 0.0114. The molecule has 0 unspecified atom stereocenters. The molecule has 0 bridgehead atoms. The van der Waals surface area contributed by atoms with E-state index in [0.29, 0.717) is 0 Å². The fourth-order valence-electron chi connectivity index (χ4n) is 0.949. The molecule has 0 aliphatic heterocycles. The number of carboxylic acids is 1. The molecule has 16 heavy (non-hydrogen) atoms. The van der Waals surface area contributed by atoms with E-state index in [4.69, 9.17) is 10.8 Å². The molecule has 0 fully saturated rings. The van der Waals surface area contributed by atoms with E-state index >= 15 is 0 Å². The molecule has 1 aromatic heterocycles. The van der Waals surface area contributed by atoms with Crippen molar-refractivity contribution in [2.24, 2.45) is 5.73 Å². The van der Waals surface area contributed by atoms with Gasteiger partial charge in [-0.1, -0.05) is 0 Å². The van der Waals surface area contributed by atoms with Crippen LogP contribution in [0.4, 0.5) is 0 Å². The van der Waals surface area contributed by atoms with Gasteiger partial charge >= 0.3 is 5.97 Å². The van der Waals surface area contributed by atoms with Gasteiger partial charge in [-0.05, 0) is 0 Å².